The van der Waals surface area contributed by atoms with E-state index in [0.717, 1.165) is 35.1 Å². The Balaban J connectivity index is 1.36. The highest BCUT2D eigenvalue weighted by atomic mass is 35.5. The molecule has 0 saturated carbocycles. The SMILES string of the molecule is C=CC(=O)N1CCCC(c2cn(-c3ccc(Oc4ccc5ncnn5c4)c(Cl)c3)c3ncnc(N)c23)C1. The lowest BCUT2D eigenvalue weighted by Crippen LogP contribution is -2.38. The standard InChI is InChI=1S/C26H23ClN8O2/c1-2-23(36)33-9-3-4-16(11-33)19-13-34(26-24(19)25(28)30-14-31-26)17-5-7-21(20(27)10-17)37-18-6-8-22-29-15-32-35(22)12-18/h2,5-8,10,12-16H,1,3-4,9,11H2,(H2,28,30,31). The summed E-state index contributed by atoms with van der Waals surface area (Å²) in [6.07, 6.45) is 9.87. The minimum atomic E-state index is -0.0667. The van der Waals surface area contributed by atoms with Crippen LogP contribution in [0.15, 0.2) is 68.0 Å². The first-order valence-corrected chi connectivity index (χ1v) is 12.2. The highest BCUT2D eigenvalue weighted by Crippen LogP contribution is 2.38. The Morgan fingerprint density at radius 2 is 2.05 bits per heavy atom. The van der Waals surface area contributed by atoms with Crippen molar-refractivity contribution in [1.82, 2.24) is 34.0 Å². The number of nitrogen functional groups attached to an aromatic ring is 1. The van der Waals surface area contributed by atoms with Crippen LogP contribution in [0.1, 0.15) is 24.3 Å². The van der Waals surface area contributed by atoms with Gasteiger partial charge in [0.2, 0.25) is 5.91 Å². The normalized spacial score (nSPS) is 15.8. The van der Waals surface area contributed by atoms with Crippen molar-refractivity contribution in [1.29, 1.82) is 0 Å². The van der Waals surface area contributed by atoms with Gasteiger partial charge in [0.25, 0.3) is 0 Å². The van der Waals surface area contributed by atoms with Crippen molar-refractivity contribution < 1.29 is 9.53 Å². The summed E-state index contributed by atoms with van der Waals surface area (Å²) in [5.74, 6) is 1.52. The molecular weight excluding hydrogens is 492 g/mol. The molecule has 0 spiro atoms. The van der Waals surface area contributed by atoms with E-state index in [-0.39, 0.29) is 11.8 Å². The van der Waals surface area contributed by atoms with Gasteiger partial charge in [-0.05, 0) is 54.8 Å². The molecule has 5 aromatic rings. The predicted molar refractivity (Wildman–Crippen MR) is 140 cm³/mol. The molecule has 1 aliphatic heterocycles. The van der Waals surface area contributed by atoms with Crippen molar-refractivity contribution in [2.45, 2.75) is 18.8 Å². The Labute approximate surface area is 217 Å². The summed E-state index contributed by atoms with van der Waals surface area (Å²) in [6, 6.07) is 9.16. The maximum absolute atomic E-state index is 12.3. The molecule has 1 fully saturated rings. The number of piperidine rings is 1. The third-order valence-corrected chi connectivity index (χ3v) is 6.95. The van der Waals surface area contributed by atoms with Crippen LogP contribution < -0.4 is 10.5 Å². The molecule has 1 aliphatic rings. The van der Waals surface area contributed by atoms with Gasteiger partial charge in [0.1, 0.15) is 35.6 Å². The number of ether oxygens (including phenoxy) is 1. The summed E-state index contributed by atoms with van der Waals surface area (Å²) in [5, 5.41) is 5.36. The molecule has 37 heavy (non-hydrogen) atoms. The first-order chi connectivity index (χ1) is 18.0. The molecule has 1 saturated heterocycles. The van der Waals surface area contributed by atoms with Gasteiger partial charge >= 0.3 is 0 Å². The average molecular weight is 515 g/mol. The van der Waals surface area contributed by atoms with Crippen LogP contribution in [0.5, 0.6) is 11.5 Å². The molecule has 10 nitrogen and oxygen atoms in total. The molecular formula is C26H23ClN8O2. The van der Waals surface area contributed by atoms with E-state index in [0.29, 0.717) is 41.1 Å². The second kappa shape index (κ2) is 9.21. The number of hydrogen-bond donors (Lipinski definition) is 1. The van der Waals surface area contributed by atoms with E-state index < -0.39 is 0 Å². The van der Waals surface area contributed by atoms with E-state index in [9.17, 15) is 4.79 Å². The Bertz CT molecular complexity index is 1660. The zero-order chi connectivity index (χ0) is 25.5. The molecule has 1 atom stereocenters. The van der Waals surface area contributed by atoms with Crippen LogP contribution >= 0.6 is 11.6 Å². The number of rotatable bonds is 5. The third kappa shape index (κ3) is 4.15. The monoisotopic (exact) mass is 514 g/mol. The molecule has 0 bridgehead atoms. The van der Waals surface area contributed by atoms with Crippen LogP contribution in [0.2, 0.25) is 5.02 Å². The second-order valence-corrected chi connectivity index (χ2v) is 9.29. The first-order valence-electron chi connectivity index (χ1n) is 11.8. The van der Waals surface area contributed by atoms with E-state index in [1.165, 1.54) is 18.7 Å². The number of carbonyl (C=O) groups excluding carboxylic acids is 1. The number of fused-ring (bicyclic) bond motifs is 2. The Hall–Kier alpha value is -4.44. The largest absolute Gasteiger partial charge is 0.454 e. The predicted octanol–water partition coefficient (Wildman–Crippen LogP) is 4.38. The van der Waals surface area contributed by atoms with E-state index in [1.54, 1.807) is 10.7 Å². The van der Waals surface area contributed by atoms with Gasteiger partial charge in [0, 0.05) is 30.9 Å². The van der Waals surface area contributed by atoms with Gasteiger partial charge in [-0.15, -0.1) is 0 Å². The van der Waals surface area contributed by atoms with Crippen molar-refractivity contribution in [2.24, 2.45) is 0 Å². The smallest absolute Gasteiger partial charge is 0.245 e. The average Bonchev–Trinajstić information content (AvgIpc) is 3.55. The number of hydrogen-bond acceptors (Lipinski definition) is 7. The summed E-state index contributed by atoms with van der Waals surface area (Å²) in [7, 11) is 0. The summed E-state index contributed by atoms with van der Waals surface area (Å²) in [4.78, 5) is 27.0. The van der Waals surface area contributed by atoms with Gasteiger partial charge in [0.15, 0.2) is 5.65 Å². The van der Waals surface area contributed by atoms with Gasteiger partial charge in [-0.2, -0.15) is 5.10 Å². The number of pyridine rings is 1. The molecule has 11 heteroatoms. The Kier molecular flexibility index (Phi) is 5.72. The number of nitrogens with two attached hydrogens (primary N) is 1. The van der Waals surface area contributed by atoms with E-state index in [1.807, 2.05) is 46.0 Å². The third-order valence-electron chi connectivity index (χ3n) is 6.66. The Morgan fingerprint density at radius 1 is 1.16 bits per heavy atom. The molecule has 5 heterocycles. The maximum atomic E-state index is 12.3. The highest BCUT2D eigenvalue weighted by Gasteiger charge is 2.28. The van der Waals surface area contributed by atoms with Crippen LogP contribution in [0, 0.1) is 0 Å². The number of benzene rings is 1. The van der Waals surface area contributed by atoms with Crippen molar-refractivity contribution >= 4 is 40.0 Å². The van der Waals surface area contributed by atoms with Crippen molar-refractivity contribution in [3.8, 4) is 17.2 Å². The number of aromatic nitrogens is 6. The molecule has 1 aromatic carbocycles. The van der Waals surface area contributed by atoms with Crippen molar-refractivity contribution in [2.75, 3.05) is 18.8 Å². The minimum absolute atomic E-state index is 0.0667. The maximum Gasteiger partial charge on any atom is 0.245 e. The topological polar surface area (TPSA) is 116 Å². The minimum Gasteiger partial charge on any atom is -0.454 e. The number of halogens is 1. The Morgan fingerprint density at radius 3 is 2.89 bits per heavy atom. The van der Waals surface area contributed by atoms with Gasteiger partial charge in [-0.25, -0.2) is 19.5 Å². The van der Waals surface area contributed by atoms with Gasteiger partial charge in [0.05, 0.1) is 16.6 Å². The summed E-state index contributed by atoms with van der Waals surface area (Å²) >= 11 is 6.65. The first kappa shape index (κ1) is 23.0. The fraction of sp³-hybridized carbons (Fsp3) is 0.192. The number of likely N-dealkylation sites (tertiary alicyclic amines) is 1. The van der Waals surface area contributed by atoms with Gasteiger partial charge < -0.3 is 19.9 Å². The molecule has 0 radical (unpaired) electrons. The zero-order valence-electron chi connectivity index (χ0n) is 19.8. The summed E-state index contributed by atoms with van der Waals surface area (Å²) < 4.78 is 9.59. The summed E-state index contributed by atoms with van der Waals surface area (Å²) in [6.45, 7) is 4.93. The lowest BCUT2D eigenvalue weighted by atomic mass is 9.90. The van der Waals surface area contributed by atoms with Crippen LogP contribution in [0.25, 0.3) is 22.4 Å². The van der Waals surface area contributed by atoms with Crippen LogP contribution in [0.4, 0.5) is 5.82 Å². The van der Waals surface area contributed by atoms with E-state index in [2.05, 4.69) is 26.6 Å². The lowest BCUT2D eigenvalue weighted by Gasteiger charge is -2.32. The molecule has 4 aromatic heterocycles. The lowest BCUT2D eigenvalue weighted by molar-refractivity contribution is -0.127. The highest BCUT2D eigenvalue weighted by molar-refractivity contribution is 6.32. The number of amides is 1. The van der Waals surface area contributed by atoms with Gasteiger partial charge in [-0.1, -0.05) is 18.2 Å². The zero-order valence-corrected chi connectivity index (χ0v) is 20.5. The molecule has 1 amide bonds. The van der Waals surface area contributed by atoms with Crippen molar-refractivity contribution in [3.05, 3.63) is 78.6 Å². The number of nitrogens with zero attached hydrogens (tertiary/aromatic N) is 7. The number of anilines is 1. The molecule has 0 aliphatic carbocycles. The quantitative estimate of drug-likeness (QED) is 0.346. The molecule has 186 valence electrons. The summed E-state index contributed by atoms with van der Waals surface area (Å²) in [5.41, 5.74) is 9.53. The van der Waals surface area contributed by atoms with Crippen molar-refractivity contribution in [3.63, 3.8) is 0 Å². The molecule has 2 N–H and O–H groups in total. The van der Waals surface area contributed by atoms with E-state index in [4.69, 9.17) is 22.1 Å². The van der Waals surface area contributed by atoms with Crippen LogP contribution in [-0.4, -0.2) is 53.0 Å². The van der Waals surface area contributed by atoms with E-state index >= 15 is 0 Å². The van der Waals surface area contributed by atoms with Gasteiger partial charge in [-0.3, -0.25) is 4.79 Å². The molecule has 6 rings (SSSR count). The number of carbonyl (C=O) groups is 1. The molecule has 1 unspecified atom stereocenters. The second-order valence-electron chi connectivity index (χ2n) is 8.88. The fourth-order valence-corrected chi connectivity index (χ4v) is 5.10. The van der Waals surface area contributed by atoms with Crippen LogP contribution in [0.3, 0.4) is 0 Å². The fourth-order valence-electron chi connectivity index (χ4n) is 4.89. The van der Waals surface area contributed by atoms with Crippen LogP contribution in [-0.2, 0) is 4.79 Å².